The minimum absolute atomic E-state index is 0.113. The topological polar surface area (TPSA) is 105 Å². The number of nitrogens with two attached hydrogens (primary N) is 1. The summed E-state index contributed by atoms with van der Waals surface area (Å²) < 4.78 is 5.24. The molecule has 0 aliphatic carbocycles. The monoisotopic (exact) mass is 397 g/mol. The lowest BCUT2D eigenvalue weighted by atomic mass is 10.0. The zero-order chi connectivity index (χ0) is 19.8. The van der Waals surface area contributed by atoms with Crippen LogP contribution in [-0.2, 0) is 4.79 Å². The van der Waals surface area contributed by atoms with Gasteiger partial charge in [0.25, 0.3) is 5.91 Å². The summed E-state index contributed by atoms with van der Waals surface area (Å²) >= 11 is 6.04. The van der Waals surface area contributed by atoms with Gasteiger partial charge in [0.05, 0.1) is 23.4 Å². The van der Waals surface area contributed by atoms with Crippen LogP contribution in [0.3, 0.4) is 0 Å². The summed E-state index contributed by atoms with van der Waals surface area (Å²) in [5.41, 5.74) is 6.52. The third kappa shape index (κ3) is 6.59. The first kappa shape index (κ1) is 21.3. The van der Waals surface area contributed by atoms with Gasteiger partial charge in [-0.05, 0) is 38.3 Å². The van der Waals surface area contributed by atoms with Gasteiger partial charge in [0.15, 0.2) is 0 Å². The molecule has 1 aliphatic heterocycles. The van der Waals surface area contributed by atoms with Crippen LogP contribution in [-0.4, -0.2) is 54.7 Å². The van der Waals surface area contributed by atoms with Crippen LogP contribution in [0.15, 0.2) is 12.1 Å². The number of unbranched alkanes of at least 4 members (excludes halogenated alkanes) is 2. The Labute approximate surface area is 164 Å². The number of hydrogen-bond acceptors (Lipinski definition) is 5. The number of carbonyl (C=O) groups excluding carboxylic acids is 1. The minimum atomic E-state index is -0.731. The zero-order valence-electron chi connectivity index (χ0n) is 15.7. The molecule has 0 bridgehead atoms. The summed E-state index contributed by atoms with van der Waals surface area (Å²) in [6.07, 6.45) is 4.67. The maximum atomic E-state index is 12.6. The van der Waals surface area contributed by atoms with Gasteiger partial charge < -0.3 is 25.8 Å². The fourth-order valence-corrected chi connectivity index (χ4v) is 3.43. The summed E-state index contributed by atoms with van der Waals surface area (Å²) in [5.74, 6) is -0.528. The lowest BCUT2D eigenvalue weighted by Crippen LogP contribution is -2.44. The smallest absolute Gasteiger partial charge is 0.303 e. The van der Waals surface area contributed by atoms with Crippen molar-refractivity contribution in [3.8, 4) is 5.75 Å². The molecule has 1 aromatic rings. The molecule has 8 heteroatoms. The van der Waals surface area contributed by atoms with E-state index in [1.165, 1.54) is 13.2 Å². The largest absolute Gasteiger partial charge is 0.496 e. The molecule has 1 fully saturated rings. The molecular formula is C19H28ClN3O4. The van der Waals surface area contributed by atoms with E-state index in [0.717, 1.165) is 51.7 Å². The number of carboxylic acid groups (broad SMARTS) is 1. The number of aliphatic carboxylic acids is 1. The van der Waals surface area contributed by atoms with Crippen LogP contribution < -0.4 is 15.8 Å². The van der Waals surface area contributed by atoms with Crippen LogP contribution in [0.1, 0.15) is 48.9 Å². The number of amides is 1. The molecule has 0 radical (unpaired) electrons. The second-order valence-electron chi connectivity index (χ2n) is 6.87. The maximum absolute atomic E-state index is 12.6. The highest BCUT2D eigenvalue weighted by atomic mass is 35.5. The van der Waals surface area contributed by atoms with E-state index in [2.05, 4.69) is 10.2 Å². The van der Waals surface area contributed by atoms with Crippen LogP contribution in [0, 0.1) is 0 Å². The second-order valence-corrected chi connectivity index (χ2v) is 7.27. The van der Waals surface area contributed by atoms with Crippen molar-refractivity contribution in [2.45, 2.75) is 44.6 Å². The summed E-state index contributed by atoms with van der Waals surface area (Å²) in [7, 11) is 1.49. The molecule has 27 heavy (non-hydrogen) atoms. The van der Waals surface area contributed by atoms with Crippen molar-refractivity contribution >= 4 is 29.2 Å². The lowest BCUT2D eigenvalue weighted by Gasteiger charge is -2.32. The average molecular weight is 398 g/mol. The highest BCUT2D eigenvalue weighted by Crippen LogP contribution is 2.29. The van der Waals surface area contributed by atoms with E-state index in [4.69, 9.17) is 27.2 Å². The number of methoxy groups -OCH3 is 1. The van der Waals surface area contributed by atoms with Gasteiger partial charge in [-0.1, -0.05) is 18.0 Å². The molecule has 7 nitrogen and oxygen atoms in total. The Bertz CT molecular complexity index is 661. The normalized spacial score (nSPS) is 15.5. The number of carboxylic acids is 1. The van der Waals surface area contributed by atoms with E-state index >= 15 is 0 Å². The molecule has 1 amide bonds. The van der Waals surface area contributed by atoms with Crippen LogP contribution >= 0.6 is 11.6 Å². The Morgan fingerprint density at radius 2 is 2.00 bits per heavy atom. The van der Waals surface area contributed by atoms with Crippen LogP contribution in [0.5, 0.6) is 5.75 Å². The van der Waals surface area contributed by atoms with Crippen LogP contribution in [0.4, 0.5) is 5.69 Å². The molecule has 0 saturated carbocycles. The SMILES string of the molecule is COc1cc(N)c(Cl)cc1C(=O)NC1CCN(CCCCCC(=O)O)CC1. The molecule has 1 saturated heterocycles. The van der Waals surface area contributed by atoms with E-state index in [1.54, 1.807) is 6.07 Å². The number of nitrogens with one attached hydrogen (secondary N) is 1. The minimum Gasteiger partial charge on any atom is -0.496 e. The van der Waals surface area contributed by atoms with E-state index in [0.29, 0.717) is 22.0 Å². The fourth-order valence-electron chi connectivity index (χ4n) is 3.27. The predicted octanol–water partition coefficient (Wildman–Crippen LogP) is 2.77. The number of nitrogens with zero attached hydrogens (tertiary/aromatic N) is 1. The lowest BCUT2D eigenvalue weighted by molar-refractivity contribution is -0.137. The van der Waals surface area contributed by atoms with Gasteiger partial charge in [-0.25, -0.2) is 0 Å². The Hall–Kier alpha value is -1.99. The quantitative estimate of drug-likeness (QED) is 0.437. The fraction of sp³-hybridized carbons (Fsp3) is 0.579. The van der Waals surface area contributed by atoms with Crippen LogP contribution in [0.25, 0.3) is 0 Å². The molecule has 0 aromatic heterocycles. The molecule has 0 unspecified atom stereocenters. The number of ether oxygens (including phenoxy) is 1. The molecule has 150 valence electrons. The number of benzene rings is 1. The Balaban J connectivity index is 1.76. The van der Waals surface area contributed by atoms with Crippen molar-refractivity contribution in [1.29, 1.82) is 0 Å². The molecule has 2 rings (SSSR count). The molecular weight excluding hydrogens is 370 g/mol. The van der Waals surface area contributed by atoms with Gasteiger partial charge in [0.2, 0.25) is 0 Å². The van der Waals surface area contributed by atoms with Gasteiger partial charge in [0.1, 0.15) is 5.75 Å². The van der Waals surface area contributed by atoms with Gasteiger partial charge in [-0.15, -0.1) is 0 Å². The Kier molecular flexibility index (Phi) is 8.19. The summed E-state index contributed by atoms with van der Waals surface area (Å²) in [5, 5.41) is 12.0. The first-order valence-electron chi connectivity index (χ1n) is 9.28. The average Bonchev–Trinajstić information content (AvgIpc) is 2.64. The highest BCUT2D eigenvalue weighted by Gasteiger charge is 2.23. The molecule has 0 spiro atoms. The standard InChI is InChI=1S/C19H28ClN3O4/c1-27-17-12-16(21)15(20)11-14(17)19(26)22-13-6-9-23(10-7-13)8-4-2-3-5-18(24)25/h11-13H,2-10,21H2,1H3,(H,22,26)(H,24,25). The Morgan fingerprint density at radius 1 is 1.30 bits per heavy atom. The summed E-state index contributed by atoms with van der Waals surface area (Å²) in [4.78, 5) is 25.4. The van der Waals surface area contributed by atoms with E-state index in [9.17, 15) is 9.59 Å². The van der Waals surface area contributed by atoms with Gasteiger partial charge in [-0.2, -0.15) is 0 Å². The number of halogens is 1. The van der Waals surface area contributed by atoms with Gasteiger partial charge in [-0.3, -0.25) is 9.59 Å². The van der Waals surface area contributed by atoms with Gasteiger partial charge in [0, 0.05) is 31.6 Å². The predicted molar refractivity (Wildman–Crippen MR) is 105 cm³/mol. The molecule has 0 atom stereocenters. The van der Waals surface area contributed by atoms with E-state index in [-0.39, 0.29) is 18.4 Å². The van der Waals surface area contributed by atoms with Gasteiger partial charge >= 0.3 is 5.97 Å². The van der Waals surface area contributed by atoms with Crippen molar-refractivity contribution in [2.75, 3.05) is 32.5 Å². The number of rotatable bonds is 9. The zero-order valence-corrected chi connectivity index (χ0v) is 16.4. The number of anilines is 1. The third-order valence-corrected chi connectivity index (χ3v) is 5.18. The number of hydrogen-bond donors (Lipinski definition) is 3. The first-order chi connectivity index (χ1) is 12.9. The van der Waals surface area contributed by atoms with Crippen molar-refractivity contribution in [1.82, 2.24) is 10.2 Å². The van der Waals surface area contributed by atoms with Crippen molar-refractivity contribution in [3.63, 3.8) is 0 Å². The highest BCUT2D eigenvalue weighted by molar-refractivity contribution is 6.33. The number of nitrogen functional groups attached to an aromatic ring is 1. The van der Waals surface area contributed by atoms with Crippen molar-refractivity contribution < 1.29 is 19.4 Å². The third-order valence-electron chi connectivity index (χ3n) is 4.85. The van der Waals surface area contributed by atoms with E-state index in [1.807, 2.05) is 0 Å². The maximum Gasteiger partial charge on any atom is 0.303 e. The number of carbonyl (C=O) groups is 2. The van der Waals surface area contributed by atoms with Crippen LogP contribution in [0.2, 0.25) is 5.02 Å². The summed E-state index contributed by atoms with van der Waals surface area (Å²) in [6, 6.07) is 3.21. The number of likely N-dealkylation sites (tertiary alicyclic amines) is 1. The molecule has 1 aliphatic rings. The first-order valence-corrected chi connectivity index (χ1v) is 9.66. The molecule has 1 aromatic carbocycles. The second kappa shape index (κ2) is 10.4. The van der Waals surface area contributed by atoms with E-state index < -0.39 is 5.97 Å². The van der Waals surface area contributed by atoms with Crippen molar-refractivity contribution in [2.24, 2.45) is 0 Å². The van der Waals surface area contributed by atoms with Crippen molar-refractivity contribution in [3.05, 3.63) is 22.7 Å². The molecule has 1 heterocycles. The molecule has 4 N–H and O–H groups in total. The summed E-state index contributed by atoms with van der Waals surface area (Å²) in [6.45, 7) is 2.81. The Morgan fingerprint density at radius 3 is 2.63 bits per heavy atom. The number of piperidine rings is 1.